The normalized spacial score (nSPS) is 15.8. The van der Waals surface area contributed by atoms with Crippen LogP contribution in [0.3, 0.4) is 0 Å². The lowest BCUT2D eigenvalue weighted by Gasteiger charge is -2.27. The van der Waals surface area contributed by atoms with E-state index in [1.807, 2.05) is 65.8 Å². The molecule has 12 nitrogen and oxygen atoms in total. The summed E-state index contributed by atoms with van der Waals surface area (Å²) in [6.45, 7) is 12.4. The largest absolute Gasteiger partial charge is 0.481 e. The summed E-state index contributed by atoms with van der Waals surface area (Å²) in [6, 6.07) is 13.6. The minimum Gasteiger partial charge on any atom is -0.481 e. The minimum absolute atomic E-state index is 0.0296. The van der Waals surface area contributed by atoms with Gasteiger partial charge in [0.1, 0.15) is 0 Å². The molecule has 2 aromatic carbocycles. The highest BCUT2D eigenvalue weighted by Crippen LogP contribution is 2.30. The number of para-hydroxylation sites is 1. The summed E-state index contributed by atoms with van der Waals surface area (Å²) in [4.78, 5) is 71.2. The third kappa shape index (κ3) is 12.3. The Morgan fingerprint density at radius 3 is 1.82 bits per heavy atom. The van der Waals surface area contributed by atoms with Crippen LogP contribution in [0.1, 0.15) is 106 Å². The molecule has 0 bridgehead atoms. The number of hydrogen-bond acceptors (Lipinski definition) is 6. The summed E-state index contributed by atoms with van der Waals surface area (Å²) >= 11 is 0. The molecule has 2 atom stereocenters. The van der Waals surface area contributed by atoms with Gasteiger partial charge in [-0.1, -0.05) is 84.7 Å². The van der Waals surface area contributed by atoms with E-state index < -0.39 is 40.5 Å². The molecule has 4 amide bonds. The molecule has 0 radical (unpaired) electrons. The SMILES string of the molecule is CCC(C)(C)C(=O)NCCNC(=O)c1ccccc1C(=O)O.CCC(C)(C)C(=O)Nc1ccccc1CCNC(=O)C1CCCCC1C(=O)O. The van der Waals surface area contributed by atoms with Crippen molar-refractivity contribution in [2.75, 3.05) is 25.0 Å². The maximum Gasteiger partial charge on any atom is 0.336 e. The van der Waals surface area contributed by atoms with Crippen molar-refractivity contribution in [1.29, 1.82) is 0 Å². The van der Waals surface area contributed by atoms with Crippen LogP contribution in [-0.4, -0.2) is 65.4 Å². The summed E-state index contributed by atoms with van der Waals surface area (Å²) in [5.74, 6) is -3.82. The fourth-order valence-electron chi connectivity index (χ4n) is 5.22. The first-order valence-corrected chi connectivity index (χ1v) is 17.3. The molecular formula is C38H54N4O8. The number of anilines is 1. The Morgan fingerprint density at radius 2 is 1.22 bits per heavy atom. The van der Waals surface area contributed by atoms with Crippen LogP contribution in [0.25, 0.3) is 0 Å². The monoisotopic (exact) mass is 694 g/mol. The maximum atomic E-state index is 12.5. The van der Waals surface area contributed by atoms with Gasteiger partial charge in [-0.2, -0.15) is 0 Å². The Kier molecular flexibility index (Phi) is 16.1. The third-order valence-corrected chi connectivity index (χ3v) is 9.47. The van der Waals surface area contributed by atoms with Crippen molar-refractivity contribution in [2.24, 2.45) is 22.7 Å². The first-order valence-electron chi connectivity index (χ1n) is 17.3. The van der Waals surface area contributed by atoms with Crippen molar-refractivity contribution in [3.05, 3.63) is 65.2 Å². The lowest BCUT2D eigenvalue weighted by Crippen LogP contribution is -2.41. The van der Waals surface area contributed by atoms with Crippen molar-refractivity contribution in [2.45, 2.75) is 86.5 Å². The molecule has 0 saturated heterocycles. The molecule has 2 aromatic rings. The van der Waals surface area contributed by atoms with Crippen LogP contribution in [0.4, 0.5) is 5.69 Å². The molecular weight excluding hydrogens is 640 g/mol. The van der Waals surface area contributed by atoms with Gasteiger partial charge >= 0.3 is 11.9 Å². The number of carbonyl (C=O) groups is 6. The highest BCUT2D eigenvalue weighted by molar-refractivity contribution is 6.04. The quantitative estimate of drug-likeness (QED) is 0.136. The zero-order chi connectivity index (χ0) is 37.5. The maximum absolute atomic E-state index is 12.5. The summed E-state index contributed by atoms with van der Waals surface area (Å²) < 4.78 is 0. The highest BCUT2D eigenvalue weighted by atomic mass is 16.4. The van der Waals surface area contributed by atoms with Gasteiger partial charge in [0.15, 0.2) is 0 Å². The lowest BCUT2D eigenvalue weighted by molar-refractivity contribution is -0.148. The predicted octanol–water partition coefficient (Wildman–Crippen LogP) is 5.28. The molecule has 1 aliphatic carbocycles. The van der Waals surface area contributed by atoms with E-state index in [0.29, 0.717) is 32.4 Å². The van der Waals surface area contributed by atoms with E-state index in [1.165, 1.54) is 12.1 Å². The fourth-order valence-corrected chi connectivity index (χ4v) is 5.22. The first kappa shape index (κ1) is 41.4. The molecule has 0 aromatic heterocycles. The molecule has 274 valence electrons. The first-order chi connectivity index (χ1) is 23.5. The Labute approximate surface area is 295 Å². The number of aliphatic carboxylic acids is 1. The van der Waals surface area contributed by atoms with Gasteiger partial charge in [0, 0.05) is 36.2 Å². The summed E-state index contributed by atoms with van der Waals surface area (Å²) in [5, 5.41) is 29.6. The predicted molar refractivity (Wildman–Crippen MR) is 192 cm³/mol. The number of benzene rings is 2. The van der Waals surface area contributed by atoms with Crippen LogP contribution in [0.15, 0.2) is 48.5 Å². The molecule has 1 aliphatic rings. The van der Waals surface area contributed by atoms with Gasteiger partial charge < -0.3 is 31.5 Å². The van der Waals surface area contributed by atoms with Gasteiger partial charge in [0.05, 0.1) is 23.0 Å². The van der Waals surface area contributed by atoms with Crippen molar-refractivity contribution < 1.29 is 39.0 Å². The second-order valence-corrected chi connectivity index (χ2v) is 13.8. The van der Waals surface area contributed by atoms with Crippen LogP contribution < -0.4 is 21.3 Å². The Hall–Kier alpha value is -4.74. The second-order valence-electron chi connectivity index (χ2n) is 13.8. The summed E-state index contributed by atoms with van der Waals surface area (Å²) in [6.07, 6.45) is 4.97. The average Bonchev–Trinajstić information content (AvgIpc) is 3.10. The van der Waals surface area contributed by atoms with Crippen molar-refractivity contribution in [3.8, 4) is 0 Å². The Bertz CT molecular complexity index is 1500. The molecule has 2 unspecified atom stereocenters. The van der Waals surface area contributed by atoms with Crippen molar-refractivity contribution in [1.82, 2.24) is 16.0 Å². The lowest BCUT2D eigenvalue weighted by atomic mass is 9.78. The molecule has 0 spiro atoms. The number of rotatable bonds is 15. The van der Waals surface area contributed by atoms with E-state index in [-0.39, 0.29) is 35.4 Å². The van der Waals surface area contributed by atoms with E-state index in [2.05, 4.69) is 21.3 Å². The number of hydrogen-bond donors (Lipinski definition) is 6. The average molecular weight is 695 g/mol. The third-order valence-electron chi connectivity index (χ3n) is 9.47. The molecule has 3 rings (SSSR count). The van der Waals surface area contributed by atoms with Gasteiger partial charge in [0.25, 0.3) is 5.91 Å². The Balaban J connectivity index is 0.000000358. The zero-order valence-electron chi connectivity index (χ0n) is 30.2. The van der Waals surface area contributed by atoms with Crippen molar-refractivity contribution in [3.63, 3.8) is 0 Å². The molecule has 1 fully saturated rings. The smallest absolute Gasteiger partial charge is 0.336 e. The van der Waals surface area contributed by atoms with Crippen LogP contribution in [0.5, 0.6) is 0 Å². The van der Waals surface area contributed by atoms with Gasteiger partial charge in [-0.05, 0) is 55.9 Å². The number of amides is 4. The van der Waals surface area contributed by atoms with E-state index in [4.69, 9.17) is 5.11 Å². The summed E-state index contributed by atoms with van der Waals surface area (Å²) in [7, 11) is 0. The number of aromatic carboxylic acids is 1. The number of carboxylic acid groups (broad SMARTS) is 2. The molecule has 1 saturated carbocycles. The van der Waals surface area contributed by atoms with E-state index in [0.717, 1.165) is 36.9 Å². The standard InChI is InChI=1S/C22H32N2O4.C16H22N2O4/c1-4-22(2,3)21(28)24-18-12-8-5-9-15(18)13-14-23-19(25)16-10-6-7-11-17(16)20(26)27;1-4-16(2,3)15(22)18-10-9-17-13(19)11-7-5-6-8-12(11)14(20)21/h5,8-9,12,16-17H,4,6-7,10-11,13-14H2,1-3H3,(H,23,25)(H,24,28)(H,26,27);5-8H,4,9-10H2,1-3H3,(H,17,19)(H,18,22)(H,20,21). The summed E-state index contributed by atoms with van der Waals surface area (Å²) in [5.41, 5.74) is 0.867. The molecule has 12 heteroatoms. The Morgan fingerprint density at radius 1 is 0.680 bits per heavy atom. The second kappa shape index (κ2) is 19.4. The van der Waals surface area contributed by atoms with Crippen LogP contribution in [0, 0.1) is 22.7 Å². The number of carboxylic acids is 2. The molecule has 50 heavy (non-hydrogen) atoms. The van der Waals surface area contributed by atoms with Crippen LogP contribution >= 0.6 is 0 Å². The number of nitrogens with one attached hydrogen (secondary N) is 4. The van der Waals surface area contributed by atoms with E-state index >= 15 is 0 Å². The van der Waals surface area contributed by atoms with E-state index in [1.54, 1.807) is 12.1 Å². The van der Waals surface area contributed by atoms with Gasteiger partial charge in [-0.3, -0.25) is 24.0 Å². The van der Waals surface area contributed by atoms with Gasteiger partial charge in [0.2, 0.25) is 17.7 Å². The van der Waals surface area contributed by atoms with E-state index in [9.17, 15) is 33.9 Å². The van der Waals surface area contributed by atoms with Gasteiger partial charge in [-0.25, -0.2) is 4.79 Å². The number of carbonyl (C=O) groups excluding carboxylic acids is 4. The molecule has 0 aliphatic heterocycles. The van der Waals surface area contributed by atoms with Gasteiger partial charge in [-0.15, -0.1) is 0 Å². The minimum atomic E-state index is -1.15. The van der Waals surface area contributed by atoms with Crippen LogP contribution in [-0.2, 0) is 25.6 Å². The molecule has 6 N–H and O–H groups in total. The fraction of sp³-hybridized carbons (Fsp3) is 0.526. The molecule has 0 heterocycles. The zero-order valence-corrected chi connectivity index (χ0v) is 30.2. The topological polar surface area (TPSA) is 191 Å². The van der Waals surface area contributed by atoms with Crippen molar-refractivity contribution >= 4 is 41.3 Å². The highest BCUT2D eigenvalue weighted by Gasteiger charge is 2.35. The van der Waals surface area contributed by atoms with Crippen LogP contribution in [0.2, 0.25) is 0 Å².